The lowest BCUT2D eigenvalue weighted by atomic mass is 10.1. The van der Waals surface area contributed by atoms with Crippen molar-refractivity contribution in [1.82, 2.24) is 0 Å². The Balaban J connectivity index is 3.32. The van der Waals surface area contributed by atoms with E-state index in [0.717, 1.165) is 0 Å². The van der Waals surface area contributed by atoms with Crippen LogP contribution in [0.3, 0.4) is 0 Å². The Morgan fingerprint density at radius 1 is 1.31 bits per heavy atom. The maximum absolute atomic E-state index is 12.4. The van der Waals surface area contributed by atoms with Crippen molar-refractivity contribution in [1.29, 1.82) is 0 Å². The molecule has 0 spiro atoms. The summed E-state index contributed by atoms with van der Waals surface area (Å²) in [5, 5.41) is 0.177. The molecule has 1 rings (SSSR count). The van der Waals surface area contributed by atoms with Crippen molar-refractivity contribution in [2.24, 2.45) is 0 Å². The molecule has 0 atom stereocenters. The van der Waals surface area contributed by atoms with Crippen molar-refractivity contribution in [3.05, 3.63) is 29.3 Å². The Morgan fingerprint density at radius 2 is 1.92 bits per heavy atom. The van der Waals surface area contributed by atoms with Gasteiger partial charge in [-0.25, -0.2) is 0 Å². The Kier molecular flexibility index (Phi) is 3.29. The molecule has 1 aromatic carbocycles. The summed E-state index contributed by atoms with van der Waals surface area (Å²) in [6, 6.07) is 4.31. The Morgan fingerprint density at radius 3 is 2.31 bits per heavy atom. The molecule has 0 fully saturated rings. The molecule has 0 saturated heterocycles. The van der Waals surface area contributed by atoms with Crippen LogP contribution < -0.4 is 0 Å². The fourth-order valence-electron chi connectivity index (χ4n) is 1.03. The van der Waals surface area contributed by atoms with Gasteiger partial charge in [0.2, 0.25) is 0 Å². The predicted octanol–water partition coefficient (Wildman–Crippen LogP) is 3.89. The van der Waals surface area contributed by atoms with Crippen molar-refractivity contribution in [3.8, 4) is 0 Å². The molecule has 0 radical (unpaired) electrons. The van der Waals surface area contributed by atoms with Gasteiger partial charge in [0.1, 0.15) is 0 Å². The van der Waals surface area contributed by atoms with E-state index in [1.54, 1.807) is 6.07 Å². The summed E-state index contributed by atoms with van der Waals surface area (Å²) in [7, 11) is 0. The van der Waals surface area contributed by atoms with Crippen LogP contribution in [0.2, 0.25) is 0 Å². The third-order valence-electron chi connectivity index (χ3n) is 1.56. The lowest BCUT2D eigenvalue weighted by Crippen LogP contribution is -2.09. The Hall–Kier alpha value is -0.160. The number of thiol groups is 1. The number of halogens is 4. The van der Waals surface area contributed by atoms with Crippen LogP contribution in [0.4, 0.5) is 13.2 Å². The van der Waals surface area contributed by atoms with Gasteiger partial charge in [-0.1, -0.05) is 28.1 Å². The van der Waals surface area contributed by atoms with Crippen LogP contribution in [0, 0.1) is 0 Å². The third kappa shape index (κ3) is 2.40. The molecule has 0 saturated carbocycles. The molecule has 0 heterocycles. The molecule has 13 heavy (non-hydrogen) atoms. The van der Waals surface area contributed by atoms with Crippen molar-refractivity contribution in [2.75, 3.05) is 0 Å². The van der Waals surface area contributed by atoms with Crippen LogP contribution in [0.25, 0.3) is 0 Å². The molecule has 0 N–H and O–H groups in total. The van der Waals surface area contributed by atoms with Gasteiger partial charge in [-0.2, -0.15) is 13.2 Å². The average Bonchev–Trinajstić information content (AvgIpc) is 2.01. The van der Waals surface area contributed by atoms with Crippen molar-refractivity contribution < 1.29 is 13.2 Å². The van der Waals surface area contributed by atoms with E-state index in [4.69, 9.17) is 0 Å². The van der Waals surface area contributed by atoms with E-state index in [1.807, 2.05) is 0 Å². The van der Waals surface area contributed by atoms with Crippen molar-refractivity contribution in [3.63, 3.8) is 0 Å². The molecule has 0 amide bonds. The van der Waals surface area contributed by atoms with Crippen LogP contribution in [0.5, 0.6) is 0 Å². The SMILES string of the molecule is FC(F)(F)c1c(S)cccc1CBr. The minimum absolute atomic E-state index is 0.0375. The first-order valence-corrected chi connectivity index (χ1v) is 4.97. The Bertz CT molecular complexity index is 309. The smallest absolute Gasteiger partial charge is 0.166 e. The summed E-state index contributed by atoms with van der Waals surface area (Å²) in [4.78, 5) is -0.0375. The van der Waals surface area contributed by atoms with E-state index >= 15 is 0 Å². The summed E-state index contributed by atoms with van der Waals surface area (Å²) in [5.74, 6) is 0. The minimum atomic E-state index is -4.33. The third-order valence-corrected chi connectivity index (χ3v) is 2.53. The van der Waals surface area contributed by atoms with Crippen LogP contribution in [-0.4, -0.2) is 0 Å². The quantitative estimate of drug-likeness (QED) is 0.581. The molecule has 0 aliphatic carbocycles. The highest BCUT2D eigenvalue weighted by atomic mass is 79.9. The summed E-state index contributed by atoms with van der Waals surface area (Å²) in [5.41, 5.74) is -0.449. The molecular formula is C8H6BrF3S. The first-order valence-electron chi connectivity index (χ1n) is 3.41. The molecule has 0 unspecified atom stereocenters. The van der Waals surface area contributed by atoms with Gasteiger partial charge in [0.25, 0.3) is 0 Å². The van der Waals surface area contributed by atoms with E-state index < -0.39 is 11.7 Å². The average molecular weight is 271 g/mol. The highest BCUT2D eigenvalue weighted by molar-refractivity contribution is 9.08. The van der Waals surface area contributed by atoms with Gasteiger partial charge in [-0.05, 0) is 11.6 Å². The summed E-state index contributed by atoms with van der Waals surface area (Å²) < 4.78 is 37.3. The number of hydrogen-bond acceptors (Lipinski definition) is 1. The second-order valence-corrected chi connectivity index (χ2v) is 3.49. The van der Waals surface area contributed by atoms with Crippen LogP contribution in [-0.2, 0) is 11.5 Å². The summed E-state index contributed by atoms with van der Waals surface area (Å²) in [6.07, 6.45) is -4.33. The van der Waals surface area contributed by atoms with Gasteiger partial charge >= 0.3 is 6.18 Å². The molecule has 0 bridgehead atoms. The van der Waals surface area contributed by atoms with E-state index in [2.05, 4.69) is 28.6 Å². The van der Waals surface area contributed by atoms with Gasteiger partial charge < -0.3 is 0 Å². The molecule has 72 valence electrons. The van der Waals surface area contributed by atoms with Crippen molar-refractivity contribution in [2.45, 2.75) is 16.4 Å². The topological polar surface area (TPSA) is 0 Å². The molecule has 0 nitrogen and oxygen atoms in total. The maximum atomic E-state index is 12.4. The second-order valence-electron chi connectivity index (χ2n) is 2.44. The maximum Gasteiger partial charge on any atom is 0.417 e. The second kappa shape index (κ2) is 3.92. The molecule has 0 aromatic heterocycles. The van der Waals surface area contributed by atoms with Crippen LogP contribution in [0.1, 0.15) is 11.1 Å². The van der Waals surface area contributed by atoms with Crippen LogP contribution >= 0.6 is 28.6 Å². The standard InChI is InChI=1S/C8H6BrF3S/c9-4-5-2-1-3-6(13)7(5)8(10,11)12/h1-3,13H,4H2. The van der Waals surface area contributed by atoms with Gasteiger partial charge in [0.15, 0.2) is 0 Å². The van der Waals surface area contributed by atoms with E-state index in [-0.39, 0.29) is 15.8 Å². The largest absolute Gasteiger partial charge is 0.417 e. The van der Waals surface area contributed by atoms with E-state index in [1.165, 1.54) is 12.1 Å². The molecule has 0 aliphatic rings. The molecule has 1 aromatic rings. The first kappa shape index (κ1) is 10.9. The van der Waals surface area contributed by atoms with E-state index in [0.29, 0.717) is 0 Å². The molecule has 5 heteroatoms. The highest BCUT2D eigenvalue weighted by Gasteiger charge is 2.34. The fraction of sp³-hybridized carbons (Fsp3) is 0.250. The van der Waals surface area contributed by atoms with Crippen LogP contribution in [0.15, 0.2) is 23.1 Å². The highest BCUT2D eigenvalue weighted by Crippen LogP contribution is 2.36. The lowest BCUT2D eigenvalue weighted by Gasteiger charge is -2.12. The zero-order valence-corrected chi connectivity index (χ0v) is 8.88. The summed E-state index contributed by atoms with van der Waals surface area (Å²) >= 11 is 6.78. The number of hydrogen-bond donors (Lipinski definition) is 1. The Labute approximate surface area is 87.7 Å². The van der Waals surface area contributed by atoms with Gasteiger partial charge in [0.05, 0.1) is 5.56 Å². The van der Waals surface area contributed by atoms with Gasteiger partial charge in [-0.15, -0.1) is 12.6 Å². The van der Waals surface area contributed by atoms with Crippen molar-refractivity contribution >= 4 is 28.6 Å². The minimum Gasteiger partial charge on any atom is -0.166 e. The zero-order chi connectivity index (χ0) is 10.1. The molecule has 0 aliphatic heterocycles. The van der Waals surface area contributed by atoms with Gasteiger partial charge in [0, 0.05) is 10.2 Å². The zero-order valence-electron chi connectivity index (χ0n) is 6.40. The van der Waals surface area contributed by atoms with Gasteiger partial charge in [-0.3, -0.25) is 0 Å². The fourth-order valence-corrected chi connectivity index (χ4v) is 1.85. The number of benzene rings is 1. The number of rotatable bonds is 1. The normalized spacial score (nSPS) is 11.8. The monoisotopic (exact) mass is 270 g/mol. The first-order chi connectivity index (χ1) is 5.96. The summed E-state index contributed by atoms with van der Waals surface area (Å²) in [6.45, 7) is 0. The molecular weight excluding hydrogens is 265 g/mol. The van der Waals surface area contributed by atoms with E-state index in [9.17, 15) is 13.2 Å². The lowest BCUT2D eigenvalue weighted by molar-refractivity contribution is -0.140. The predicted molar refractivity (Wildman–Crippen MR) is 51.3 cm³/mol. The number of alkyl halides is 4.